The Hall–Kier alpha value is -1.22. The van der Waals surface area contributed by atoms with Gasteiger partial charge in [0.1, 0.15) is 5.75 Å². The summed E-state index contributed by atoms with van der Waals surface area (Å²) >= 11 is 5.93. The smallest absolute Gasteiger partial charge is 0.303 e. The Morgan fingerprint density at radius 1 is 1.53 bits per heavy atom. The maximum Gasteiger partial charge on any atom is 0.303 e. The summed E-state index contributed by atoms with van der Waals surface area (Å²) in [6, 6.07) is 5.50. The van der Waals surface area contributed by atoms with Crippen LogP contribution in [-0.2, 0) is 4.79 Å². The minimum absolute atomic E-state index is 0.115. The van der Waals surface area contributed by atoms with Crippen LogP contribution in [0.15, 0.2) is 18.2 Å². The van der Waals surface area contributed by atoms with E-state index >= 15 is 0 Å². The maximum atomic E-state index is 10.2. The third kappa shape index (κ3) is 4.21. The molecule has 0 aliphatic heterocycles. The molecule has 1 aromatic carbocycles. The Morgan fingerprint density at radius 2 is 2.27 bits per heavy atom. The first-order valence-electron chi connectivity index (χ1n) is 4.70. The number of aliphatic carboxylic acids is 1. The van der Waals surface area contributed by atoms with Gasteiger partial charge in [-0.05, 0) is 31.0 Å². The van der Waals surface area contributed by atoms with Gasteiger partial charge >= 0.3 is 5.97 Å². The van der Waals surface area contributed by atoms with E-state index in [1.807, 2.05) is 19.1 Å². The van der Waals surface area contributed by atoms with E-state index < -0.39 is 5.97 Å². The van der Waals surface area contributed by atoms with E-state index in [0.29, 0.717) is 23.8 Å². The van der Waals surface area contributed by atoms with Crippen molar-refractivity contribution in [2.24, 2.45) is 0 Å². The van der Waals surface area contributed by atoms with Crippen molar-refractivity contribution in [3.63, 3.8) is 0 Å². The zero-order chi connectivity index (χ0) is 11.3. The van der Waals surface area contributed by atoms with Gasteiger partial charge in [0, 0.05) is 6.42 Å². The summed E-state index contributed by atoms with van der Waals surface area (Å²) in [7, 11) is 0. The van der Waals surface area contributed by atoms with Crippen LogP contribution in [-0.4, -0.2) is 17.7 Å². The van der Waals surface area contributed by atoms with Crippen molar-refractivity contribution in [2.75, 3.05) is 6.61 Å². The zero-order valence-corrected chi connectivity index (χ0v) is 9.25. The van der Waals surface area contributed by atoms with Crippen molar-refractivity contribution < 1.29 is 14.6 Å². The van der Waals surface area contributed by atoms with E-state index in [0.717, 1.165) is 5.56 Å². The molecule has 1 N–H and O–H groups in total. The highest BCUT2D eigenvalue weighted by molar-refractivity contribution is 6.32. The third-order valence-electron chi connectivity index (χ3n) is 1.88. The SMILES string of the molecule is Cc1ccc(OCCCC(=O)O)c(Cl)c1. The molecular formula is C11H13ClO3. The minimum Gasteiger partial charge on any atom is -0.492 e. The Morgan fingerprint density at radius 3 is 2.87 bits per heavy atom. The first-order chi connectivity index (χ1) is 7.09. The zero-order valence-electron chi connectivity index (χ0n) is 8.50. The summed E-state index contributed by atoms with van der Waals surface area (Å²) in [5.74, 6) is -0.207. The summed E-state index contributed by atoms with van der Waals surface area (Å²) in [5, 5.41) is 8.98. The van der Waals surface area contributed by atoms with Crippen molar-refractivity contribution in [3.05, 3.63) is 28.8 Å². The van der Waals surface area contributed by atoms with E-state index in [-0.39, 0.29) is 6.42 Å². The quantitative estimate of drug-likeness (QED) is 0.789. The van der Waals surface area contributed by atoms with Gasteiger partial charge in [-0.2, -0.15) is 0 Å². The lowest BCUT2D eigenvalue weighted by molar-refractivity contribution is -0.137. The Balaban J connectivity index is 2.40. The first-order valence-corrected chi connectivity index (χ1v) is 5.08. The second-order valence-electron chi connectivity index (χ2n) is 3.28. The van der Waals surface area contributed by atoms with Gasteiger partial charge < -0.3 is 9.84 Å². The summed E-state index contributed by atoms with van der Waals surface area (Å²) in [5.41, 5.74) is 1.07. The first kappa shape index (κ1) is 11.9. The Labute approximate surface area is 93.6 Å². The molecule has 3 nitrogen and oxygen atoms in total. The highest BCUT2D eigenvalue weighted by Gasteiger charge is 2.02. The lowest BCUT2D eigenvalue weighted by Gasteiger charge is -2.07. The summed E-state index contributed by atoms with van der Waals surface area (Å²) in [6.07, 6.45) is 0.600. The maximum absolute atomic E-state index is 10.2. The van der Waals surface area contributed by atoms with Gasteiger partial charge in [-0.3, -0.25) is 4.79 Å². The van der Waals surface area contributed by atoms with Gasteiger partial charge in [0.15, 0.2) is 0 Å². The topological polar surface area (TPSA) is 46.5 Å². The number of aryl methyl sites for hydroxylation is 1. The lowest BCUT2D eigenvalue weighted by Crippen LogP contribution is -2.02. The Bertz CT molecular complexity index is 350. The number of carbonyl (C=O) groups is 1. The molecular weight excluding hydrogens is 216 g/mol. The molecule has 82 valence electrons. The van der Waals surface area contributed by atoms with Crippen molar-refractivity contribution in [3.8, 4) is 5.75 Å². The summed E-state index contributed by atoms with van der Waals surface area (Å²) in [4.78, 5) is 10.2. The molecule has 0 spiro atoms. The number of hydrogen-bond acceptors (Lipinski definition) is 2. The predicted octanol–water partition coefficient (Wildman–Crippen LogP) is 2.89. The second kappa shape index (κ2) is 5.61. The van der Waals surface area contributed by atoms with Gasteiger partial charge in [0.2, 0.25) is 0 Å². The standard InChI is InChI=1S/C11H13ClO3/c1-8-4-5-10(9(12)7-8)15-6-2-3-11(13)14/h4-5,7H,2-3,6H2,1H3,(H,13,14). The number of halogens is 1. The van der Waals surface area contributed by atoms with Crippen LogP contribution >= 0.6 is 11.6 Å². The molecule has 0 unspecified atom stereocenters. The van der Waals surface area contributed by atoms with Crippen molar-refractivity contribution in [2.45, 2.75) is 19.8 Å². The molecule has 0 bridgehead atoms. The van der Waals surface area contributed by atoms with Crippen LogP contribution in [0.25, 0.3) is 0 Å². The predicted molar refractivity (Wildman–Crippen MR) is 58.6 cm³/mol. The molecule has 0 radical (unpaired) electrons. The molecule has 0 amide bonds. The molecule has 0 aliphatic rings. The molecule has 0 saturated carbocycles. The van der Waals surface area contributed by atoms with Gasteiger partial charge in [-0.25, -0.2) is 0 Å². The minimum atomic E-state index is -0.811. The molecule has 0 aromatic heterocycles. The fraction of sp³-hybridized carbons (Fsp3) is 0.364. The van der Waals surface area contributed by atoms with Crippen LogP contribution in [0.3, 0.4) is 0 Å². The van der Waals surface area contributed by atoms with E-state index in [1.165, 1.54) is 0 Å². The largest absolute Gasteiger partial charge is 0.492 e. The monoisotopic (exact) mass is 228 g/mol. The molecule has 0 fully saturated rings. The molecule has 0 saturated heterocycles. The Kier molecular flexibility index (Phi) is 4.43. The van der Waals surface area contributed by atoms with Crippen LogP contribution in [0.1, 0.15) is 18.4 Å². The molecule has 1 rings (SSSR count). The van der Waals surface area contributed by atoms with Crippen LogP contribution in [0.2, 0.25) is 5.02 Å². The summed E-state index contributed by atoms with van der Waals surface area (Å²) < 4.78 is 5.35. The highest BCUT2D eigenvalue weighted by atomic mass is 35.5. The van der Waals surface area contributed by atoms with Crippen molar-refractivity contribution >= 4 is 17.6 Å². The van der Waals surface area contributed by atoms with Crippen LogP contribution in [0, 0.1) is 6.92 Å². The average Bonchev–Trinajstić information content (AvgIpc) is 2.14. The second-order valence-corrected chi connectivity index (χ2v) is 3.69. The number of benzene rings is 1. The molecule has 15 heavy (non-hydrogen) atoms. The molecule has 4 heteroatoms. The van der Waals surface area contributed by atoms with E-state index in [2.05, 4.69) is 0 Å². The number of ether oxygens (including phenoxy) is 1. The normalized spacial score (nSPS) is 10.0. The van der Waals surface area contributed by atoms with Crippen LogP contribution in [0.5, 0.6) is 5.75 Å². The molecule has 0 heterocycles. The van der Waals surface area contributed by atoms with E-state index in [9.17, 15) is 4.79 Å². The van der Waals surface area contributed by atoms with E-state index in [1.54, 1.807) is 6.07 Å². The van der Waals surface area contributed by atoms with Crippen LogP contribution < -0.4 is 4.74 Å². The number of rotatable bonds is 5. The third-order valence-corrected chi connectivity index (χ3v) is 2.18. The molecule has 1 aromatic rings. The fourth-order valence-corrected chi connectivity index (χ4v) is 1.42. The number of hydrogen-bond donors (Lipinski definition) is 1. The average molecular weight is 229 g/mol. The van der Waals surface area contributed by atoms with Crippen molar-refractivity contribution in [1.82, 2.24) is 0 Å². The van der Waals surface area contributed by atoms with Gasteiger partial charge in [0.05, 0.1) is 11.6 Å². The molecule has 0 aliphatic carbocycles. The van der Waals surface area contributed by atoms with Gasteiger partial charge in [-0.1, -0.05) is 17.7 Å². The molecule has 0 atom stereocenters. The fourth-order valence-electron chi connectivity index (χ4n) is 1.13. The number of carboxylic acids is 1. The number of carboxylic acid groups (broad SMARTS) is 1. The van der Waals surface area contributed by atoms with E-state index in [4.69, 9.17) is 21.4 Å². The lowest BCUT2D eigenvalue weighted by atomic mass is 10.2. The van der Waals surface area contributed by atoms with Crippen molar-refractivity contribution in [1.29, 1.82) is 0 Å². The highest BCUT2D eigenvalue weighted by Crippen LogP contribution is 2.25. The van der Waals surface area contributed by atoms with Crippen LogP contribution in [0.4, 0.5) is 0 Å². The summed E-state index contributed by atoms with van der Waals surface area (Å²) in [6.45, 7) is 2.31. The van der Waals surface area contributed by atoms with Gasteiger partial charge in [0.25, 0.3) is 0 Å². The van der Waals surface area contributed by atoms with Gasteiger partial charge in [-0.15, -0.1) is 0 Å².